The maximum Gasteiger partial charge on any atom is 0.510 e. The number of carbonyl (C=O) groups excluding carboxylic acids is 2. The van der Waals surface area contributed by atoms with Gasteiger partial charge in [0.25, 0.3) is 5.91 Å². The van der Waals surface area contributed by atoms with E-state index >= 15 is 0 Å². The molecule has 0 radical (unpaired) electrons. The van der Waals surface area contributed by atoms with Gasteiger partial charge in [0.15, 0.2) is 6.23 Å². The molecule has 0 spiro atoms. The van der Waals surface area contributed by atoms with Gasteiger partial charge in [-0.2, -0.15) is 0 Å². The largest absolute Gasteiger partial charge is 0.510 e. The standard InChI is InChI=1S/C14H14N2O4/c1-2-19-14(18)20-11-6-8-7-15-10-5-3-4-9(12(8)10)13(17)16-11/h3-5,7,11,15H,2,6H2,1H3,(H,16,17). The first-order valence-corrected chi connectivity index (χ1v) is 6.42. The van der Waals surface area contributed by atoms with Gasteiger partial charge in [-0.15, -0.1) is 0 Å². The number of carbonyl (C=O) groups is 2. The van der Waals surface area contributed by atoms with Gasteiger partial charge in [0.2, 0.25) is 0 Å². The molecule has 1 atom stereocenters. The molecule has 104 valence electrons. The van der Waals surface area contributed by atoms with Crippen molar-refractivity contribution in [2.45, 2.75) is 19.6 Å². The maximum absolute atomic E-state index is 12.2. The molecule has 0 saturated carbocycles. The molecule has 1 aromatic heterocycles. The Labute approximate surface area is 115 Å². The Bertz CT molecular complexity index is 677. The predicted octanol–water partition coefficient (Wildman–Crippen LogP) is 1.95. The lowest BCUT2D eigenvalue weighted by atomic mass is 10.1. The molecule has 2 heterocycles. The minimum Gasteiger partial charge on any atom is -0.435 e. The summed E-state index contributed by atoms with van der Waals surface area (Å²) >= 11 is 0. The second kappa shape index (κ2) is 4.88. The highest BCUT2D eigenvalue weighted by molar-refractivity contribution is 6.08. The predicted molar refractivity (Wildman–Crippen MR) is 71.4 cm³/mol. The van der Waals surface area contributed by atoms with Gasteiger partial charge >= 0.3 is 6.16 Å². The van der Waals surface area contributed by atoms with Crippen LogP contribution in [0.2, 0.25) is 0 Å². The van der Waals surface area contributed by atoms with Gasteiger partial charge in [0.1, 0.15) is 0 Å². The van der Waals surface area contributed by atoms with Gasteiger partial charge in [-0.05, 0) is 24.6 Å². The summed E-state index contributed by atoms with van der Waals surface area (Å²) < 4.78 is 9.84. The summed E-state index contributed by atoms with van der Waals surface area (Å²) in [7, 11) is 0. The summed E-state index contributed by atoms with van der Waals surface area (Å²) in [4.78, 5) is 26.7. The zero-order chi connectivity index (χ0) is 14.1. The zero-order valence-electron chi connectivity index (χ0n) is 10.9. The number of nitrogens with one attached hydrogen (secondary N) is 2. The van der Waals surface area contributed by atoms with Gasteiger partial charge in [0, 0.05) is 29.1 Å². The van der Waals surface area contributed by atoms with Crippen molar-refractivity contribution in [2.75, 3.05) is 6.61 Å². The number of rotatable bonds is 2. The number of benzene rings is 1. The highest BCUT2D eigenvalue weighted by Crippen LogP contribution is 2.26. The van der Waals surface area contributed by atoms with E-state index in [1.165, 1.54) is 0 Å². The van der Waals surface area contributed by atoms with Crippen molar-refractivity contribution in [3.8, 4) is 0 Å². The molecule has 1 amide bonds. The van der Waals surface area contributed by atoms with Gasteiger partial charge in [-0.3, -0.25) is 4.79 Å². The first kappa shape index (κ1) is 12.5. The molecular formula is C14H14N2O4. The average molecular weight is 274 g/mol. The van der Waals surface area contributed by atoms with E-state index in [0.29, 0.717) is 12.0 Å². The Hall–Kier alpha value is -2.50. The van der Waals surface area contributed by atoms with E-state index in [9.17, 15) is 9.59 Å². The van der Waals surface area contributed by atoms with Crippen molar-refractivity contribution >= 4 is 23.0 Å². The van der Waals surface area contributed by atoms with E-state index in [1.54, 1.807) is 13.0 Å². The normalized spacial score (nSPS) is 17.4. The van der Waals surface area contributed by atoms with Crippen molar-refractivity contribution in [3.63, 3.8) is 0 Å². The van der Waals surface area contributed by atoms with Crippen LogP contribution in [0.15, 0.2) is 24.4 Å². The molecule has 1 aromatic carbocycles. The van der Waals surface area contributed by atoms with Crippen LogP contribution in [0, 0.1) is 0 Å². The van der Waals surface area contributed by atoms with E-state index in [2.05, 4.69) is 10.3 Å². The van der Waals surface area contributed by atoms with Crippen LogP contribution in [0.4, 0.5) is 4.79 Å². The Balaban J connectivity index is 1.92. The Morgan fingerprint density at radius 3 is 3.10 bits per heavy atom. The van der Waals surface area contributed by atoms with E-state index in [4.69, 9.17) is 9.47 Å². The van der Waals surface area contributed by atoms with Crippen LogP contribution in [0.5, 0.6) is 0 Å². The second-order valence-corrected chi connectivity index (χ2v) is 4.51. The second-order valence-electron chi connectivity index (χ2n) is 4.51. The van der Waals surface area contributed by atoms with Crippen LogP contribution in [-0.2, 0) is 15.9 Å². The zero-order valence-corrected chi connectivity index (χ0v) is 10.9. The molecule has 3 rings (SSSR count). The number of aromatic nitrogens is 1. The molecule has 6 heteroatoms. The van der Waals surface area contributed by atoms with Crippen LogP contribution in [0.3, 0.4) is 0 Å². The van der Waals surface area contributed by atoms with Crippen molar-refractivity contribution in [1.82, 2.24) is 10.3 Å². The fraction of sp³-hybridized carbons (Fsp3) is 0.286. The molecular weight excluding hydrogens is 260 g/mol. The summed E-state index contributed by atoms with van der Waals surface area (Å²) in [6, 6.07) is 5.47. The molecule has 0 saturated heterocycles. The van der Waals surface area contributed by atoms with Crippen molar-refractivity contribution < 1.29 is 19.1 Å². The third kappa shape index (κ3) is 2.09. The smallest absolute Gasteiger partial charge is 0.435 e. The highest BCUT2D eigenvalue weighted by Gasteiger charge is 2.26. The molecule has 0 fully saturated rings. The number of ether oxygens (including phenoxy) is 2. The van der Waals surface area contributed by atoms with Crippen LogP contribution in [0.1, 0.15) is 22.8 Å². The summed E-state index contributed by atoms with van der Waals surface area (Å²) in [5.41, 5.74) is 2.40. The molecule has 20 heavy (non-hydrogen) atoms. The fourth-order valence-electron chi connectivity index (χ4n) is 2.42. The highest BCUT2D eigenvalue weighted by atomic mass is 16.7. The number of amides is 1. The summed E-state index contributed by atoms with van der Waals surface area (Å²) in [6.45, 7) is 1.92. The quantitative estimate of drug-likeness (QED) is 0.820. The summed E-state index contributed by atoms with van der Waals surface area (Å²) in [6.07, 6.45) is 0.723. The Kier molecular flexibility index (Phi) is 3.06. The lowest BCUT2D eigenvalue weighted by Crippen LogP contribution is -2.38. The lowest BCUT2D eigenvalue weighted by Gasteiger charge is -2.16. The molecule has 1 unspecified atom stereocenters. The van der Waals surface area contributed by atoms with E-state index < -0.39 is 12.4 Å². The van der Waals surface area contributed by atoms with Crippen molar-refractivity contribution in [1.29, 1.82) is 0 Å². The van der Waals surface area contributed by atoms with E-state index in [1.807, 2.05) is 18.3 Å². The first-order valence-electron chi connectivity index (χ1n) is 6.42. The van der Waals surface area contributed by atoms with Gasteiger partial charge in [-0.25, -0.2) is 4.79 Å². The average Bonchev–Trinajstić information content (AvgIpc) is 2.76. The monoisotopic (exact) mass is 274 g/mol. The topological polar surface area (TPSA) is 80.4 Å². The van der Waals surface area contributed by atoms with Crippen LogP contribution in [-0.4, -0.2) is 29.9 Å². The molecule has 2 N–H and O–H groups in total. The molecule has 0 bridgehead atoms. The summed E-state index contributed by atoms with van der Waals surface area (Å²) in [5, 5.41) is 3.56. The van der Waals surface area contributed by atoms with Crippen LogP contribution in [0.25, 0.3) is 10.9 Å². The summed E-state index contributed by atoms with van der Waals surface area (Å²) in [5.74, 6) is -0.261. The molecule has 1 aliphatic heterocycles. The first-order chi connectivity index (χ1) is 9.69. The Morgan fingerprint density at radius 2 is 2.30 bits per heavy atom. The van der Waals surface area contributed by atoms with Gasteiger partial charge in [-0.1, -0.05) is 6.07 Å². The third-order valence-electron chi connectivity index (χ3n) is 3.23. The number of hydrogen-bond acceptors (Lipinski definition) is 4. The SMILES string of the molecule is CCOC(=O)OC1Cc2c[nH]c3cccc(c23)C(=O)N1. The van der Waals surface area contributed by atoms with Gasteiger partial charge in [0.05, 0.1) is 6.61 Å². The minimum absolute atomic E-state index is 0.230. The lowest BCUT2D eigenvalue weighted by molar-refractivity contribution is 0.0156. The minimum atomic E-state index is -0.782. The fourth-order valence-corrected chi connectivity index (χ4v) is 2.42. The molecule has 6 nitrogen and oxygen atoms in total. The maximum atomic E-state index is 12.2. The molecule has 1 aliphatic rings. The van der Waals surface area contributed by atoms with E-state index in [-0.39, 0.29) is 12.5 Å². The molecule has 2 aromatic rings. The van der Waals surface area contributed by atoms with Crippen LogP contribution >= 0.6 is 0 Å². The Morgan fingerprint density at radius 1 is 1.45 bits per heavy atom. The van der Waals surface area contributed by atoms with Crippen LogP contribution < -0.4 is 5.32 Å². The van der Waals surface area contributed by atoms with E-state index in [0.717, 1.165) is 16.5 Å². The molecule has 0 aliphatic carbocycles. The number of hydrogen-bond donors (Lipinski definition) is 2. The number of H-pyrrole nitrogens is 1. The van der Waals surface area contributed by atoms with Crippen molar-refractivity contribution in [3.05, 3.63) is 35.5 Å². The van der Waals surface area contributed by atoms with Crippen molar-refractivity contribution in [2.24, 2.45) is 0 Å². The van der Waals surface area contributed by atoms with Gasteiger partial charge < -0.3 is 19.8 Å². The third-order valence-corrected chi connectivity index (χ3v) is 3.23. The number of aromatic amines is 1.